The number of hydrogen-bond acceptors (Lipinski definition) is 6. The third kappa shape index (κ3) is 12.5. The van der Waals surface area contributed by atoms with E-state index in [-0.39, 0.29) is 22.9 Å². The average Bonchev–Trinajstić information content (AvgIpc) is 3.25. The summed E-state index contributed by atoms with van der Waals surface area (Å²) in [5, 5.41) is 12.6. The number of rotatable bonds is 15. The van der Waals surface area contributed by atoms with Gasteiger partial charge < -0.3 is 29.1 Å². The Bertz CT molecular complexity index is 2080. The molecule has 0 aromatic heterocycles. The highest BCUT2D eigenvalue weighted by Crippen LogP contribution is 2.49. The van der Waals surface area contributed by atoms with E-state index in [1.165, 1.54) is 36.2 Å². The maximum absolute atomic E-state index is 12.7. The van der Waals surface area contributed by atoms with Gasteiger partial charge in [0.1, 0.15) is 11.5 Å². The molecule has 0 spiro atoms. The van der Waals surface area contributed by atoms with Crippen LogP contribution in [0.25, 0.3) is 0 Å². The van der Waals surface area contributed by atoms with Gasteiger partial charge in [-0.3, -0.25) is 0 Å². The van der Waals surface area contributed by atoms with Crippen molar-refractivity contribution in [2.24, 2.45) is 11.8 Å². The molecule has 4 fully saturated rings. The fourth-order valence-corrected chi connectivity index (χ4v) is 10.5. The van der Waals surface area contributed by atoms with Crippen molar-refractivity contribution in [1.29, 1.82) is 0 Å². The number of likely N-dealkylation sites (tertiary alicyclic amines) is 2. The standard InChI is InChI=1S/C26H31ClF3NO2.C25H29ClF3NO2/c1-32-24(25(13-3-14-25)20-5-9-22(27)10-6-20)17-31-15-2-4-19(16-31)18-33-23-11-7-21(8-12-23)26(28,29)30;26-21-8-4-19(5-9-21)24(12-2-13-24)23(31)16-30-14-1-3-18(15-30)17-32-22-10-6-20(7-11-22)25(27,28)29/h5-12,19,24H,2-4,13-18H2,1H3;4-11,18,23,31H,1-3,12-17H2/t19-,24+;18-,23+/m11/s1. The van der Waals surface area contributed by atoms with Crippen LogP contribution in [0.3, 0.4) is 0 Å². The molecule has 65 heavy (non-hydrogen) atoms. The lowest BCUT2D eigenvalue weighted by atomic mass is 9.61. The summed E-state index contributed by atoms with van der Waals surface area (Å²) in [7, 11) is 1.80. The van der Waals surface area contributed by atoms with Crippen molar-refractivity contribution in [3.63, 3.8) is 0 Å². The number of nitrogens with zero attached hydrogens (tertiary/aromatic N) is 2. The quantitative estimate of drug-likeness (QED) is 0.120. The average molecular weight is 950 g/mol. The van der Waals surface area contributed by atoms with Gasteiger partial charge in [-0.2, -0.15) is 26.3 Å². The van der Waals surface area contributed by atoms with Crippen molar-refractivity contribution < 1.29 is 45.7 Å². The van der Waals surface area contributed by atoms with Gasteiger partial charge in [-0.1, -0.05) is 60.3 Å². The first kappa shape index (κ1) is 49.4. The van der Waals surface area contributed by atoms with Crippen LogP contribution in [-0.2, 0) is 27.9 Å². The largest absolute Gasteiger partial charge is 0.493 e. The van der Waals surface area contributed by atoms with Crippen molar-refractivity contribution in [3.05, 3.63) is 129 Å². The van der Waals surface area contributed by atoms with Crippen molar-refractivity contribution >= 4 is 23.2 Å². The van der Waals surface area contributed by atoms with Gasteiger partial charge in [-0.05, 0) is 148 Å². The molecule has 14 heteroatoms. The van der Waals surface area contributed by atoms with E-state index in [1.54, 1.807) is 7.11 Å². The van der Waals surface area contributed by atoms with Gasteiger partial charge in [-0.15, -0.1) is 0 Å². The Morgan fingerprint density at radius 3 is 1.35 bits per heavy atom. The van der Waals surface area contributed by atoms with E-state index in [4.69, 9.17) is 37.4 Å². The first-order valence-electron chi connectivity index (χ1n) is 22.8. The Labute approximate surface area is 389 Å². The molecule has 2 saturated heterocycles. The molecule has 8 rings (SSSR count). The highest BCUT2D eigenvalue weighted by molar-refractivity contribution is 6.30. The lowest BCUT2D eigenvalue weighted by Crippen LogP contribution is -2.53. The number of piperidine rings is 2. The van der Waals surface area contributed by atoms with Crippen molar-refractivity contribution in [3.8, 4) is 11.5 Å². The van der Waals surface area contributed by atoms with E-state index < -0.39 is 29.6 Å². The molecule has 4 aromatic carbocycles. The van der Waals surface area contributed by atoms with Gasteiger partial charge in [0, 0.05) is 66.0 Å². The normalized spacial score (nSPS) is 22.1. The molecular formula is C51H60Cl2F6N2O4. The van der Waals surface area contributed by atoms with Crippen LogP contribution in [0.4, 0.5) is 26.3 Å². The molecule has 2 aliphatic heterocycles. The van der Waals surface area contributed by atoms with E-state index in [0.717, 1.165) is 125 Å². The molecule has 0 radical (unpaired) electrons. The molecule has 0 unspecified atom stereocenters. The number of benzene rings is 4. The fourth-order valence-electron chi connectivity index (χ4n) is 10.2. The summed E-state index contributed by atoms with van der Waals surface area (Å²) in [6.07, 6.45) is 1.62. The molecule has 4 atom stereocenters. The first-order chi connectivity index (χ1) is 31.1. The number of alkyl halides is 6. The Morgan fingerprint density at radius 2 is 0.985 bits per heavy atom. The van der Waals surface area contributed by atoms with Crippen LogP contribution in [0, 0.1) is 11.8 Å². The molecule has 1 N–H and O–H groups in total. The first-order valence-corrected chi connectivity index (χ1v) is 23.6. The molecule has 0 amide bonds. The number of ether oxygens (including phenoxy) is 3. The fraction of sp³-hybridized carbons (Fsp3) is 0.529. The molecule has 6 nitrogen and oxygen atoms in total. The van der Waals surface area contributed by atoms with Gasteiger partial charge in [-0.25, -0.2) is 0 Å². The van der Waals surface area contributed by atoms with Gasteiger partial charge in [0.05, 0.1) is 36.5 Å². The number of β-amino-alcohol motifs (C(OH)–C–C–N with tert-alkyl or cyclic N) is 1. The molecule has 2 saturated carbocycles. The predicted octanol–water partition coefficient (Wildman–Crippen LogP) is 12.5. The zero-order chi connectivity index (χ0) is 46.2. The van der Waals surface area contributed by atoms with Crippen LogP contribution < -0.4 is 9.47 Å². The van der Waals surface area contributed by atoms with E-state index in [0.29, 0.717) is 42.2 Å². The SMILES string of the molecule is CO[C@@H](CN1CCC[C@@H](COc2ccc(C(F)(F)F)cc2)C1)C1(c2ccc(Cl)cc2)CCC1.O[C@@H](CN1CCC[C@@H](COc2ccc(C(F)(F)F)cc2)C1)C1(c2ccc(Cl)cc2)CCC1. The van der Waals surface area contributed by atoms with Crippen LogP contribution in [0.1, 0.15) is 86.5 Å². The van der Waals surface area contributed by atoms with Crippen LogP contribution in [0.15, 0.2) is 97.1 Å². The topological polar surface area (TPSA) is 54.4 Å². The van der Waals surface area contributed by atoms with Gasteiger partial charge in [0.15, 0.2) is 0 Å². The monoisotopic (exact) mass is 948 g/mol. The van der Waals surface area contributed by atoms with Gasteiger partial charge in [0.25, 0.3) is 0 Å². The maximum Gasteiger partial charge on any atom is 0.416 e. The number of hydrogen-bond donors (Lipinski definition) is 1. The van der Waals surface area contributed by atoms with E-state index >= 15 is 0 Å². The van der Waals surface area contributed by atoms with E-state index in [9.17, 15) is 31.4 Å². The minimum atomic E-state index is -4.34. The summed E-state index contributed by atoms with van der Waals surface area (Å²) >= 11 is 12.2. The van der Waals surface area contributed by atoms with Crippen LogP contribution in [0.2, 0.25) is 10.0 Å². The van der Waals surface area contributed by atoms with E-state index in [1.807, 2.05) is 36.4 Å². The van der Waals surface area contributed by atoms with Crippen LogP contribution >= 0.6 is 23.2 Å². The Kier molecular flexibility index (Phi) is 16.4. The zero-order valence-corrected chi connectivity index (χ0v) is 38.4. The van der Waals surface area contributed by atoms with Crippen molar-refractivity contribution in [2.75, 3.05) is 59.6 Å². The molecule has 2 heterocycles. The zero-order valence-electron chi connectivity index (χ0n) is 36.9. The highest BCUT2D eigenvalue weighted by Gasteiger charge is 2.47. The van der Waals surface area contributed by atoms with Crippen molar-refractivity contribution in [1.82, 2.24) is 9.80 Å². The maximum atomic E-state index is 12.7. The summed E-state index contributed by atoms with van der Waals surface area (Å²) in [6, 6.07) is 25.8. The molecule has 354 valence electrons. The second kappa shape index (κ2) is 21.6. The Balaban J connectivity index is 0.000000194. The smallest absolute Gasteiger partial charge is 0.416 e. The number of aliphatic hydroxyl groups is 1. The van der Waals surface area contributed by atoms with Crippen molar-refractivity contribution in [2.45, 2.75) is 99.6 Å². The second-order valence-corrected chi connectivity index (χ2v) is 19.3. The third-order valence-corrected chi connectivity index (χ3v) is 14.8. The summed E-state index contributed by atoms with van der Waals surface area (Å²) in [6.45, 7) is 6.10. The summed E-state index contributed by atoms with van der Waals surface area (Å²) < 4.78 is 94.0. The molecular weight excluding hydrogens is 889 g/mol. The molecule has 0 bridgehead atoms. The molecule has 4 aromatic rings. The van der Waals surface area contributed by atoms with Gasteiger partial charge >= 0.3 is 12.4 Å². The molecule has 2 aliphatic carbocycles. The van der Waals surface area contributed by atoms with Crippen LogP contribution in [0.5, 0.6) is 11.5 Å². The second-order valence-electron chi connectivity index (χ2n) is 18.5. The summed E-state index contributed by atoms with van der Waals surface area (Å²) in [5.41, 5.74) is 0.948. The predicted molar refractivity (Wildman–Crippen MR) is 243 cm³/mol. The lowest BCUT2D eigenvalue weighted by molar-refractivity contribution is -0.138. The number of methoxy groups -OCH3 is 1. The Morgan fingerprint density at radius 1 is 0.585 bits per heavy atom. The number of aliphatic hydroxyl groups excluding tert-OH is 1. The van der Waals surface area contributed by atoms with Gasteiger partial charge in [0.2, 0.25) is 0 Å². The minimum Gasteiger partial charge on any atom is -0.493 e. The summed E-state index contributed by atoms with van der Waals surface area (Å²) in [4.78, 5) is 4.75. The summed E-state index contributed by atoms with van der Waals surface area (Å²) in [5.74, 6) is 1.55. The van der Waals surface area contributed by atoms with Crippen LogP contribution in [-0.4, -0.2) is 86.7 Å². The van der Waals surface area contributed by atoms with E-state index in [2.05, 4.69) is 21.9 Å². The Hall–Kier alpha value is -3.52. The number of halogens is 8. The lowest BCUT2D eigenvalue weighted by Gasteiger charge is -2.49. The molecule has 4 aliphatic rings. The third-order valence-electron chi connectivity index (χ3n) is 14.3. The highest BCUT2D eigenvalue weighted by atomic mass is 35.5. The minimum absolute atomic E-state index is 0.0308.